The van der Waals surface area contributed by atoms with E-state index in [0.717, 1.165) is 5.69 Å². The molecular formula is C21H24N2O5S. The van der Waals surface area contributed by atoms with E-state index < -0.39 is 10.0 Å². The van der Waals surface area contributed by atoms with E-state index in [9.17, 15) is 8.42 Å². The molecule has 2 aromatic carbocycles. The molecule has 7 nitrogen and oxygen atoms in total. The topological polar surface area (TPSA) is 90.7 Å². The number of sulfonamides is 1. The normalized spacial score (nSPS) is 11.5. The Morgan fingerprint density at radius 2 is 1.79 bits per heavy atom. The average Bonchev–Trinajstić information content (AvgIpc) is 3.13. The number of nitrogens with zero attached hydrogens (tertiary/aromatic N) is 1. The molecule has 3 aromatic rings. The number of aryl methyl sites for hydroxylation is 1. The Balaban J connectivity index is 2.07. The summed E-state index contributed by atoms with van der Waals surface area (Å²) in [7, 11) is -0.895. The fourth-order valence-corrected chi connectivity index (χ4v) is 4.44. The van der Waals surface area contributed by atoms with E-state index in [-0.39, 0.29) is 10.8 Å². The van der Waals surface area contributed by atoms with Gasteiger partial charge in [-0.25, -0.2) is 8.42 Å². The number of aromatic nitrogens is 1. The van der Waals surface area contributed by atoms with Crippen LogP contribution >= 0.6 is 0 Å². The lowest BCUT2D eigenvalue weighted by atomic mass is 10.0. The molecule has 0 aliphatic rings. The summed E-state index contributed by atoms with van der Waals surface area (Å²) >= 11 is 0. The van der Waals surface area contributed by atoms with E-state index in [2.05, 4.69) is 9.88 Å². The molecule has 8 heteroatoms. The summed E-state index contributed by atoms with van der Waals surface area (Å²) in [6.07, 6.45) is 0. The molecule has 1 heterocycles. The minimum absolute atomic E-state index is 0.00449. The first-order valence-corrected chi connectivity index (χ1v) is 10.6. The van der Waals surface area contributed by atoms with Crippen molar-refractivity contribution in [3.63, 3.8) is 0 Å². The van der Waals surface area contributed by atoms with Crippen molar-refractivity contribution in [3.05, 3.63) is 53.7 Å². The molecule has 0 aliphatic carbocycles. The van der Waals surface area contributed by atoms with Gasteiger partial charge in [-0.15, -0.1) is 0 Å². The molecule has 3 rings (SSSR count). The van der Waals surface area contributed by atoms with E-state index in [1.807, 2.05) is 26.8 Å². The Labute approximate surface area is 170 Å². The largest absolute Gasteiger partial charge is 0.497 e. The van der Waals surface area contributed by atoms with Gasteiger partial charge in [-0.05, 0) is 36.6 Å². The second-order valence-electron chi connectivity index (χ2n) is 6.91. The summed E-state index contributed by atoms with van der Waals surface area (Å²) in [5, 5.41) is 3.88. The van der Waals surface area contributed by atoms with Crippen LogP contribution in [0.2, 0.25) is 0 Å². The first-order valence-electron chi connectivity index (χ1n) is 9.07. The predicted octanol–water partition coefficient (Wildman–Crippen LogP) is 4.59. The molecule has 29 heavy (non-hydrogen) atoms. The van der Waals surface area contributed by atoms with Crippen molar-refractivity contribution in [3.8, 4) is 22.8 Å². The minimum Gasteiger partial charge on any atom is -0.497 e. The number of hydrogen-bond acceptors (Lipinski definition) is 6. The zero-order valence-electron chi connectivity index (χ0n) is 17.0. The van der Waals surface area contributed by atoms with Gasteiger partial charge in [0.25, 0.3) is 10.0 Å². The molecule has 0 saturated heterocycles. The Hall–Kier alpha value is -3.00. The number of ether oxygens (including phenoxy) is 2. The van der Waals surface area contributed by atoms with Gasteiger partial charge in [0.1, 0.15) is 11.5 Å². The van der Waals surface area contributed by atoms with Crippen LogP contribution in [0.3, 0.4) is 0 Å². The number of nitrogens with one attached hydrogen (secondary N) is 1. The molecule has 1 N–H and O–H groups in total. The van der Waals surface area contributed by atoms with Crippen LogP contribution < -0.4 is 14.2 Å². The molecule has 0 atom stereocenters. The molecule has 0 saturated carbocycles. The quantitative estimate of drug-likeness (QED) is 0.606. The van der Waals surface area contributed by atoms with Crippen LogP contribution in [0.5, 0.6) is 11.5 Å². The van der Waals surface area contributed by atoms with Crippen molar-refractivity contribution in [1.82, 2.24) is 5.16 Å². The van der Waals surface area contributed by atoms with Crippen molar-refractivity contribution in [1.29, 1.82) is 0 Å². The molecule has 0 bridgehead atoms. The third-order valence-electron chi connectivity index (χ3n) is 4.49. The maximum absolute atomic E-state index is 13.3. The predicted molar refractivity (Wildman–Crippen MR) is 111 cm³/mol. The molecule has 0 aliphatic heterocycles. The highest BCUT2D eigenvalue weighted by Gasteiger charge is 2.23. The average molecular weight is 416 g/mol. The van der Waals surface area contributed by atoms with Crippen molar-refractivity contribution in [2.75, 3.05) is 18.9 Å². The second kappa shape index (κ2) is 8.16. The van der Waals surface area contributed by atoms with Crippen LogP contribution in [0.15, 0.2) is 51.9 Å². The lowest BCUT2D eigenvalue weighted by molar-refractivity contribution is 0.395. The standard InChI is InChI=1S/C21H24N2O5S/c1-13(2)17-8-6-15(19-10-14(3)22-28-19)11-21(17)29(24,25)23-18-9-7-16(26-4)12-20(18)27-5/h6-13,23H,1-5H3. The minimum atomic E-state index is -3.90. The van der Waals surface area contributed by atoms with Crippen LogP contribution in [-0.2, 0) is 10.0 Å². The first kappa shape index (κ1) is 20.7. The molecule has 0 unspecified atom stereocenters. The summed E-state index contributed by atoms with van der Waals surface area (Å²) in [6, 6.07) is 11.9. The number of benzene rings is 2. The number of methoxy groups -OCH3 is 2. The molecule has 154 valence electrons. The van der Waals surface area contributed by atoms with Crippen LogP contribution in [0.1, 0.15) is 31.0 Å². The smallest absolute Gasteiger partial charge is 0.262 e. The summed E-state index contributed by atoms with van der Waals surface area (Å²) < 4.78 is 45.0. The van der Waals surface area contributed by atoms with Gasteiger partial charge < -0.3 is 14.0 Å². The zero-order chi connectivity index (χ0) is 21.2. The Morgan fingerprint density at radius 1 is 1.03 bits per heavy atom. The van der Waals surface area contributed by atoms with Gasteiger partial charge in [0, 0.05) is 17.7 Å². The summed E-state index contributed by atoms with van der Waals surface area (Å²) in [5.74, 6) is 1.44. The lowest BCUT2D eigenvalue weighted by Gasteiger charge is -2.17. The third-order valence-corrected chi connectivity index (χ3v) is 5.91. The number of hydrogen-bond donors (Lipinski definition) is 1. The van der Waals surface area contributed by atoms with Crippen LogP contribution in [-0.4, -0.2) is 27.8 Å². The molecule has 0 amide bonds. The highest BCUT2D eigenvalue weighted by molar-refractivity contribution is 7.92. The first-order chi connectivity index (χ1) is 13.7. The lowest BCUT2D eigenvalue weighted by Crippen LogP contribution is -2.16. The molecular weight excluding hydrogens is 392 g/mol. The molecule has 0 spiro atoms. The Bertz CT molecular complexity index is 1120. The highest BCUT2D eigenvalue weighted by Crippen LogP contribution is 2.34. The van der Waals surface area contributed by atoms with Crippen molar-refractivity contribution < 1.29 is 22.4 Å². The monoisotopic (exact) mass is 416 g/mol. The van der Waals surface area contributed by atoms with E-state index in [1.54, 1.807) is 36.4 Å². The Morgan fingerprint density at radius 3 is 2.38 bits per heavy atom. The van der Waals surface area contributed by atoms with E-state index in [0.29, 0.717) is 34.1 Å². The number of anilines is 1. The van der Waals surface area contributed by atoms with Gasteiger partial charge in [0.2, 0.25) is 0 Å². The highest BCUT2D eigenvalue weighted by atomic mass is 32.2. The SMILES string of the molecule is COc1ccc(NS(=O)(=O)c2cc(-c3cc(C)no3)ccc2C(C)C)c(OC)c1. The maximum Gasteiger partial charge on any atom is 0.262 e. The van der Waals surface area contributed by atoms with E-state index in [1.165, 1.54) is 14.2 Å². The van der Waals surface area contributed by atoms with Crippen molar-refractivity contribution in [2.45, 2.75) is 31.6 Å². The van der Waals surface area contributed by atoms with Gasteiger partial charge in [-0.3, -0.25) is 4.72 Å². The van der Waals surface area contributed by atoms with Crippen molar-refractivity contribution >= 4 is 15.7 Å². The van der Waals surface area contributed by atoms with Crippen LogP contribution in [0.4, 0.5) is 5.69 Å². The number of rotatable bonds is 7. The van der Waals surface area contributed by atoms with Gasteiger partial charge in [-0.1, -0.05) is 31.1 Å². The van der Waals surface area contributed by atoms with Crippen LogP contribution in [0, 0.1) is 6.92 Å². The molecule has 0 fully saturated rings. The molecule has 0 radical (unpaired) electrons. The van der Waals surface area contributed by atoms with Gasteiger partial charge in [-0.2, -0.15) is 0 Å². The fourth-order valence-electron chi connectivity index (χ4n) is 2.98. The zero-order valence-corrected chi connectivity index (χ0v) is 17.8. The van der Waals surface area contributed by atoms with Crippen LogP contribution in [0.25, 0.3) is 11.3 Å². The van der Waals surface area contributed by atoms with Gasteiger partial charge in [0.15, 0.2) is 5.76 Å². The van der Waals surface area contributed by atoms with Crippen molar-refractivity contribution in [2.24, 2.45) is 0 Å². The van der Waals surface area contributed by atoms with E-state index in [4.69, 9.17) is 14.0 Å². The summed E-state index contributed by atoms with van der Waals surface area (Å²) in [6.45, 7) is 5.70. The third kappa shape index (κ3) is 4.37. The Kier molecular flexibility index (Phi) is 5.83. The van der Waals surface area contributed by atoms with Gasteiger partial charge >= 0.3 is 0 Å². The summed E-state index contributed by atoms with van der Waals surface area (Å²) in [5.41, 5.74) is 2.38. The maximum atomic E-state index is 13.3. The summed E-state index contributed by atoms with van der Waals surface area (Å²) in [4.78, 5) is 0.178. The van der Waals surface area contributed by atoms with E-state index >= 15 is 0 Å². The second-order valence-corrected chi connectivity index (χ2v) is 8.56. The van der Waals surface area contributed by atoms with Gasteiger partial charge in [0.05, 0.1) is 30.5 Å². The molecule has 1 aromatic heterocycles. The fraction of sp³-hybridized carbons (Fsp3) is 0.286.